The van der Waals surface area contributed by atoms with Gasteiger partial charge in [0.15, 0.2) is 5.58 Å². The molecule has 0 bridgehead atoms. The van der Waals surface area contributed by atoms with Crippen LogP contribution in [0.1, 0.15) is 58.8 Å². The van der Waals surface area contributed by atoms with Crippen molar-refractivity contribution >= 4 is 23.0 Å². The zero-order chi connectivity index (χ0) is 20.2. The molecular formula is C23H34N4O2. The average molecular weight is 399 g/mol. The maximum absolute atomic E-state index is 12.9. The van der Waals surface area contributed by atoms with E-state index in [4.69, 9.17) is 4.42 Å². The highest BCUT2D eigenvalue weighted by atomic mass is 16.4. The SMILES string of the molecule is C[C@@H]1CCC[C@H](C)N1CCCNC(=O)[C@@H]1CCCCN1c1nc2ccccc2o1. The number of aromatic nitrogens is 1. The first-order valence-electron chi connectivity index (χ1n) is 11.3. The van der Waals surface area contributed by atoms with Crippen LogP contribution in [-0.4, -0.2) is 53.6 Å². The van der Waals surface area contributed by atoms with Gasteiger partial charge in [0.05, 0.1) is 0 Å². The first-order valence-corrected chi connectivity index (χ1v) is 11.3. The Balaban J connectivity index is 1.33. The van der Waals surface area contributed by atoms with Gasteiger partial charge in [0.2, 0.25) is 5.91 Å². The van der Waals surface area contributed by atoms with Crippen LogP contribution in [0, 0.1) is 0 Å². The predicted molar refractivity (Wildman–Crippen MR) is 116 cm³/mol. The highest BCUT2D eigenvalue weighted by molar-refractivity contribution is 5.85. The number of piperidine rings is 2. The Kier molecular flexibility index (Phi) is 6.38. The Hall–Kier alpha value is -2.08. The summed E-state index contributed by atoms with van der Waals surface area (Å²) in [5, 5.41) is 3.18. The van der Waals surface area contributed by atoms with Gasteiger partial charge in [-0.05, 0) is 64.5 Å². The molecule has 0 aliphatic carbocycles. The van der Waals surface area contributed by atoms with Crippen LogP contribution in [0.4, 0.5) is 6.01 Å². The summed E-state index contributed by atoms with van der Waals surface area (Å²) in [5.41, 5.74) is 1.62. The fraction of sp³-hybridized carbons (Fsp3) is 0.652. The maximum atomic E-state index is 12.9. The summed E-state index contributed by atoms with van der Waals surface area (Å²) in [6.07, 6.45) is 7.89. The minimum absolute atomic E-state index is 0.103. The van der Waals surface area contributed by atoms with Crippen molar-refractivity contribution in [2.75, 3.05) is 24.5 Å². The van der Waals surface area contributed by atoms with E-state index in [1.54, 1.807) is 0 Å². The molecular weight excluding hydrogens is 364 g/mol. The summed E-state index contributed by atoms with van der Waals surface area (Å²) < 4.78 is 5.94. The molecule has 6 nitrogen and oxygen atoms in total. The van der Waals surface area contributed by atoms with E-state index in [2.05, 4.69) is 29.0 Å². The first-order chi connectivity index (χ1) is 14.1. The van der Waals surface area contributed by atoms with Crippen LogP contribution in [0.15, 0.2) is 28.7 Å². The molecule has 0 saturated carbocycles. The number of likely N-dealkylation sites (tertiary alicyclic amines) is 1. The molecule has 0 unspecified atom stereocenters. The molecule has 2 aliphatic heterocycles. The molecule has 4 rings (SSSR count). The minimum Gasteiger partial charge on any atom is -0.423 e. The number of oxazole rings is 1. The lowest BCUT2D eigenvalue weighted by Crippen LogP contribution is -2.50. The molecule has 3 atom stereocenters. The lowest BCUT2D eigenvalue weighted by molar-refractivity contribution is -0.122. The molecule has 3 heterocycles. The van der Waals surface area contributed by atoms with Gasteiger partial charge in [-0.15, -0.1) is 0 Å². The summed E-state index contributed by atoms with van der Waals surface area (Å²) in [7, 11) is 0. The molecule has 1 aromatic carbocycles. The molecule has 2 fully saturated rings. The van der Waals surface area contributed by atoms with Gasteiger partial charge in [0, 0.05) is 31.7 Å². The average Bonchev–Trinajstić information content (AvgIpc) is 3.17. The number of carbonyl (C=O) groups excluding carboxylic acids is 1. The number of nitrogens with one attached hydrogen (secondary N) is 1. The number of para-hydroxylation sites is 2. The van der Waals surface area contributed by atoms with Crippen molar-refractivity contribution in [1.29, 1.82) is 0 Å². The summed E-state index contributed by atoms with van der Waals surface area (Å²) in [5.74, 6) is 0.103. The number of hydrogen-bond acceptors (Lipinski definition) is 5. The predicted octanol–water partition coefficient (Wildman–Crippen LogP) is 3.96. The van der Waals surface area contributed by atoms with Crippen LogP contribution in [0.25, 0.3) is 11.1 Å². The van der Waals surface area contributed by atoms with E-state index in [1.807, 2.05) is 29.2 Å². The molecule has 6 heteroatoms. The third-order valence-electron chi connectivity index (χ3n) is 6.60. The molecule has 1 aromatic heterocycles. The highest BCUT2D eigenvalue weighted by Gasteiger charge is 2.32. The number of benzene rings is 1. The largest absolute Gasteiger partial charge is 0.423 e. The normalized spacial score (nSPS) is 26.0. The zero-order valence-corrected chi connectivity index (χ0v) is 17.8. The van der Waals surface area contributed by atoms with E-state index in [1.165, 1.54) is 19.3 Å². The standard InChI is InChI=1S/C23H34N4O2/c1-17-9-7-10-18(2)26(17)16-8-14-24-22(28)20-12-5-6-15-27(20)23-25-19-11-3-4-13-21(19)29-23/h3-4,11,13,17-18,20H,5-10,12,14-16H2,1-2H3,(H,24,28)/t17-,18+,20-/m0/s1. The topological polar surface area (TPSA) is 61.6 Å². The van der Waals surface area contributed by atoms with Crippen LogP contribution in [-0.2, 0) is 4.79 Å². The lowest BCUT2D eigenvalue weighted by atomic mass is 9.97. The molecule has 158 valence electrons. The number of amides is 1. The van der Waals surface area contributed by atoms with E-state index in [0.717, 1.165) is 56.4 Å². The summed E-state index contributed by atoms with van der Waals surface area (Å²) in [6, 6.07) is 9.47. The Bertz CT molecular complexity index is 777. The lowest BCUT2D eigenvalue weighted by Gasteiger charge is -2.39. The molecule has 2 aliphatic rings. The van der Waals surface area contributed by atoms with E-state index in [0.29, 0.717) is 18.1 Å². The summed E-state index contributed by atoms with van der Waals surface area (Å²) in [4.78, 5) is 22.2. The number of carbonyl (C=O) groups is 1. The van der Waals surface area contributed by atoms with Crippen molar-refractivity contribution in [3.05, 3.63) is 24.3 Å². The minimum atomic E-state index is -0.190. The number of anilines is 1. The van der Waals surface area contributed by atoms with Gasteiger partial charge in [0.1, 0.15) is 11.6 Å². The van der Waals surface area contributed by atoms with Gasteiger partial charge in [-0.25, -0.2) is 0 Å². The van der Waals surface area contributed by atoms with Crippen LogP contribution < -0.4 is 10.2 Å². The zero-order valence-electron chi connectivity index (χ0n) is 17.8. The summed E-state index contributed by atoms with van der Waals surface area (Å²) in [6.45, 7) is 7.26. The van der Waals surface area contributed by atoms with Crippen molar-refractivity contribution in [3.8, 4) is 0 Å². The quantitative estimate of drug-likeness (QED) is 0.747. The third-order valence-corrected chi connectivity index (χ3v) is 6.60. The number of hydrogen-bond donors (Lipinski definition) is 1. The van der Waals surface area contributed by atoms with E-state index in [9.17, 15) is 4.79 Å². The highest BCUT2D eigenvalue weighted by Crippen LogP contribution is 2.28. The fourth-order valence-corrected chi connectivity index (χ4v) is 4.92. The second-order valence-electron chi connectivity index (χ2n) is 8.68. The fourth-order valence-electron chi connectivity index (χ4n) is 4.92. The van der Waals surface area contributed by atoms with Crippen LogP contribution >= 0.6 is 0 Å². The van der Waals surface area contributed by atoms with Crippen molar-refractivity contribution in [2.45, 2.75) is 76.9 Å². The molecule has 0 spiro atoms. The Labute approximate surface area is 173 Å². The second kappa shape index (κ2) is 9.16. The van der Waals surface area contributed by atoms with Gasteiger partial charge in [-0.3, -0.25) is 9.69 Å². The Morgan fingerprint density at radius 2 is 1.93 bits per heavy atom. The van der Waals surface area contributed by atoms with Gasteiger partial charge in [-0.2, -0.15) is 4.98 Å². The number of nitrogens with zero attached hydrogens (tertiary/aromatic N) is 3. The molecule has 2 saturated heterocycles. The Morgan fingerprint density at radius 3 is 2.72 bits per heavy atom. The van der Waals surface area contributed by atoms with Crippen LogP contribution in [0.5, 0.6) is 0 Å². The van der Waals surface area contributed by atoms with Gasteiger partial charge < -0.3 is 14.6 Å². The Morgan fingerprint density at radius 1 is 1.14 bits per heavy atom. The molecule has 2 aromatic rings. The number of fused-ring (bicyclic) bond motifs is 1. The number of rotatable bonds is 6. The van der Waals surface area contributed by atoms with E-state index < -0.39 is 0 Å². The van der Waals surface area contributed by atoms with E-state index >= 15 is 0 Å². The van der Waals surface area contributed by atoms with Gasteiger partial charge in [0.25, 0.3) is 6.01 Å². The maximum Gasteiger partial charge on any atom is 0.299 e. The molecule has 1 N–H and O–H groups in total. The van der Waals surface area contributed by atoms with Gasteiger partial charge in [-0.1, -0.05) is 18.6 Å². The second-order valence-corrected chi connectivity index (χ2v) is 8.68. The van der Waals surface area contributed by atoms with Crippen LogP contribution in [0.3, 0.4) is 0 Å². The van der Waals surface area contributed by atoms with Crippen molar-refractivity contribution in [2.24, 2.45) is 0 Å². The van der Waals surface area contributed by atoms with Crippen molar-refractivity contribution in [3.63, 3.8) is 0 Å². The molecule has 29 heavy (non-hydrogen) atoms. The van der Waals surface area contributed by atoms with Crippen molar-refractivity contribution in [1.82, 2.24) is 15.2 Å². The monoisotopic (exact) mass is 398 g/mol. The smallest absolute Gasteiger partial charge is 0.299 e. The molecule has 1 amide bonds. The van der Waals surface area contributed by atoms with Crippen molar-refractivity contribution < 1.29 is 9.21 Å². The summed E-state index contributed by atoms with van der Waals surface area (Å²) >= 11 is 0. The van der Waals surface area contributed by atoms with E-state index in [-0.39, 0.29) is 11.9 Å². The first kappa shape index (κ1) is 20.2. The third kappa shape index (κ3) is 4.58. The van der Waals surface area contributed by atoms with Crippen LogP contribution in [0.2, 0.25) is 0 Å². The molecule has 0 radical (unpaired) electrons. The van der Waals surface area contributed by atoms with Gasteiger partial charge >= 0.3 is 0 Å².